The number of carbonyl (C=O) groups is 1. The van der Waals surface area contributed by atoms with Crippen molar-refractivity contribution < 1.29 is 22.7 Å². The van der Waals surface area contributed by atoms with Crippen LogP contribution in [0.25, 0.3) is 0 Å². The molecule has 0 spiro atoms. The highest BCUT2D eigenvalue weighted by Crippen LogP contribution is 2.32. The average Bonchev–Trinajstić information content (AvgIpc) is 3.05. The lowest BCUT2D eigenvalue weighted by molar-refractivity contribution is 0.0681. The zero-order valence-electron chi connectivity index (χ0n) is 18.0. The maximum Gasteiger partial charge on any atom is 0.254 e. The molecule has 0 aromatic heterocycles. The Morgan fingerprint density at radius 3 is 2.39 bits per heavy atom. The van der Waals surface area contributed by atoms with Gasteiger partial charge in [-0.1, -0.05) is 25.0 Å². The van der Waals surface area contributed by atoms with Gasteiger partial charge in [0.15, 0.2) is 0 Å². The van der Waals surface area contributed by atoms with E-state index in [-0.39, 0.29) is 30.0 Å². The minimum Gasteiger partial charge on any atom is -0.497 e. The minimum atomic E-state index is -3.63. The molecular weight excluding hydrogens is 416 g/mol. The Balaban J connectivity index is 1.80. The molecule has 1 saturated heterocycles. The summed E-state index contributed by atoms with van der Waals surface area (Å²) in [6, 6.07) is 14.0. The van der Waals surface area contributed by atoms with Gasteiger partial charge in [-0.15, -0.1) is 0 Å². The van der Waals surface area contributed by atoms with Gasteiger partial charge >= 0.3 is 0 Å². The van der Waals surface area contributed by atoms with Gasteiger partial charge in [-0.05, 0) is 54.8 Å². The Labute approximate surface area is 184 Å². The number of nitrogens with one attached hydrogen (secondary N) is 1. The molecule has 1 aliphatic rings. The lowest BCUT2D eigenvalue weighted by Crippen LogP contribution is -2.35. The van der Waals surface area contributed by atoms with Gasteiger partial charge in [0.2, 0.25) is 10.0 Å². The van der Waals surface area contributed by atoms with E-state index in [4.69, 9.17) is 9.47 Å². The average molecular weight is 447 g/mol. The summed E-state index contributed by atoms with van der Waals surface area (Å²) < 4.78 is 37.3. The van der Waals surface area contributed by atoms with Gasteiger partial charge in [0.05, 0.1) is 24.7 Å². The molecule has 0 radical (unpaired) electrons. The van der Waals surface area contributed by atoms with Crippen LogP contribution in [0.2, 0.25) is 0 Å². The summed E-state index contributed by atoms with van der Waals surface area (Å²) in [5.41, 5.74) is 1.56. The van der Waals surface area contributed by atoms with E-state index in [1.165, 1.54) is 19.2 Å². The third-order valence-electron chi connectivity index (χ3n) is 5.52. The standard InChI is InChI=1S/C23H30N2O5S/c1-29-17-15-24-31(27,28)21-13-9-19(10-14-21)23(26)25-16-5-3-4-6-22(25)18-7-11-20(30-2)12-8-18/h7-14,22,24H,3-6,15-17H2,1-2H3. The van der Waals surface area contributed by atoms with Crippen LogP contribution in [-0.4, -0.2) is 53.1 Å². The number of benzene rings is 2. The normalized spacial score (nSPS) is 17.2. The Bertz CT molecular complexity index is 958. The molecule has 8 heteroatoms. The third-order valence-corrected chi connectivity index (χ3v) is 7.00. The number of likely N-dealkylation sites (tertiary alicyclic amines) is 1. The van der Waals surface area contributed by atoms with Crippen molar-refractivity contribution in [1.82, 2.24) is 9.62 Å². The van der Waals surface area contributed by atoms with E-state index in [1.807, 2.05) is 29.2 Å². The number of methoxy groups -OCH3 is 2. The third kappa shape index (κ3) is 5.84. The van der Waals surface area contributed by atoms with E-state index in [9.17, 15) is 13.2 Å². The monoisotopic (exact) mass is 446 g/mol. The Hall–Kier alpha value is -2.42. The van der Waals surface area contributed by atoms with E-state index in [0.717, 1.165) is 37.0 Å². The van der Waals surface area contributed by atoms with Gasteiger partial charge < -0.3 is 14.4 Å². The predicted octanol–water partition coefficient (Wildman–Crippen LogP) is 3.38. The second kappa shape index (κ2) is 10.7. The topological polar surface area (TPSA) is 84.9 Å². The molecular formula is C23H30N2O5S. The first-order valence-electron chi connectivity index (χ1n) is 10.5. The Morgan fingerprint density at radius 1 is 1.03 bits per heavy atom. The van der Waals surface area contributed by atoms with Gasteiger partial charge in [-0.2, -0.15) is 0 Å². The van der Waals surface area contributed by atoms with Gasteiger partial charge in [-0.25, -0.2) is 13.1 Å². The molecule has 1 N–H and O–H groups in total. The summed E-state index contributed by atoms with van der Waals surface area (Å²) in [5.74, 6) is 0.699. The van der Waals surface area contributed by atoms with Crippen LogP contribution in [0.4, 0.5) is 0 Å². The maximum atomic E-state index is 13.4. The second-order valence-electron chi connectivity index (χ2n) is 7.55. The van der Waals surface area contributed by atoms with Crippen LogP contribution in [0, 0.1) is 0 Å². The molecule has 1 aliphatic heterocycles. The lowest BCUT2D eigenvalue weighted by Gasteiger charge is -2.31. The number of rotatable bonds is 8. The van der Waals surface area contributed by atoms with Gasteiger partial charge in [-0.3, -0.25) is 4.79 Å². The van der Waals surface area contributed by atoms with Crippen LogP contribution in [0.15, 0.2) is 53.4 Å². The number of hydrogen-bond donors (Lipinski definition) is 1. The van der Waals surface area contributed by atoms with Gasteiger partial charge in [0.25, 0.3) is 5.91 Å². The molecule has 1 heterocycles. The van der Waals surface area contributed by atoms with Gasteiger partial charge in [0.1, 0.15) is 5.75 Å². The first-order valence-corrected chi connectivity index (χ1v) is 12.0. The van der Waals surface area contributed by atoms with Crippen molar-refractivity contribution in [1.29, 1.82) is 0 Å². The highest BCUT2D eigenvalue weighted by Gasteiger charge is 2.28. The molecule has 7 nitrogen and oxygen atoms in total. The van der Waals surface area contributed by atoms with Crippen LogP contribution < -0.4 is 9.46 Å². The molecule has 3 rings (SSSR count). The van der Waals surface area contributed by atoms with E-state index in [0.29, 0.717) is 12.1 Å². The van der Waals surface area contributed by atoms with Crippen LogP contribution in [0.1, 0.15) is 47.6 Å². The van der Waals surface area contributed by atoms with Crippen LogP contribution in [0.5, 0.6) is 5.75 Å². The summed E-state index contributed by atoms with van der Waals surface area (Å²) in [4.78, 5) is 15.4. The molecule has 2 aromatic rings. The first-order chi connectivity index (χ1) is 15.0. The first kappa shape index (κ1) is 23.2. The fourth-order valence-electron chi connectivity index (χ4n) is 3.83. The highest BCUT2D eigenvalue weighted by atomic mass is 32.2. The quantitative estimate of drug-likeness (QED) is 0.629. The second-order valence-corrected chi connectivity index (χ2v) is 9.32. The highest BCUT2D eigenvalue weighted by molar-refractivity contribution is 7.89. The Morgan fingerprint density at radius 2 is 1.74 bits per heavy atom. The van der Waals surface area contributed by atoms with Crippen LogP contribution in [-0.2, 0) is 14.8 Å². The van der Waals surface area contributed by atoms with Crippen molar-refractivity contribution in [3.8, 4) is 5.75 Å². The number of ether oxygens (including phenoxy) is 2. The van der Waals surface area contributed by atoms with Crippen molar-refractivity contribution >= 4 is 15.9 Å². The lowest BCUT2D eigenvalue weighted by atomic mass is 10.00. The summed E-state index contributed by atoms with van der Waals surface area (Å²) >= 11 is 0. The Kier molecular flexibility index (Phi) is 8.06. The molecule has 0 aliphatic carbocycles. The molecule has 31 heavy (non-hydrogen) atoms. The molecule has 0 bridgehead atoms. The molecule has 168 valence electrons. The summed E-state index contributed by atoms with van der Waals surface area (Å²) in [6.07, 6.45) is 3.99. The smallest absolute Gasteiger partial charge is 0.254 e. The van der Waals surface area contributed by atoms with Crippen molar-refractivity contribution in [3.05, 3.63) is 59.7 Å². The van der Waals surface area contributed by atoms with Crippen molar-refractivity contribution in [2.75, 3.05) is 33.9 Å². The summed E-state index contributed by atoms with van der Waals surface area (Å²) in [6.45, 7) is 1.16. The maximum absolute atomic E-state index is 13.4. The fraction of sp³-hybridized carbons (Fsp3) is 0.435. The van der Waals surface area contributed by atoms with Crippen molar-refractivity contribution in [2.24, 2.45) is 0 Å². The largest absolute Gasteiger partial charge is 0.497 e. The SMILES string of the molecule is COCCNS(=O)(=O)c1ccc(C(=O)N2CCCCCC2c2ccc(OC)cc2)cc1. The van der Waals surface area contributed by atoms with E-state index in [1.54, 1.807) is 19.2 Å². The van der Waals surface area contributed by atoms with Crippen LogP contribution >= 0.6 is 0 Å². The molecule has 2 aromatic carbocycles. The van der Waals surface area contributed by atoms with E-state index >= 15 is 0 Å². The summed E-state index contributed by atoms with van der Waals surface area (Å²) in [7, 11) is -0.490. The summed E-state index contributed by atoms with van der Waals surface area (Å²) in [5, 5.41) is 0. The molecule has 1 atom stereocenters. The zero-order chi connectivity index (χ0) is 22.3. The minimum absolute atomic E-state index is 0.0139. The molecule has 1 amide bonds. The number of nitrogens with zero attached hydrogens (tertiary/aromatic N) is 1. The molecule has 0 saturated carbocycles. The molecule has 1 fully saturated rings. The van der Waals surface area contributed by atoms with E-state index in [2.05, 4.69) is 4.72 Å². The van der Waals surface area contributed by atoms with Gasteiger partial charge in [0, 0.05) is 25.8 Å². The van der Waals surface area contributed by atoms with Crippen molar-refractivity contribution in [3.63, 3.8) is 0 Å². The predicted molar refractivity (Wildman–Crippen MR) is 119 cm³/mol. The fourth-order valence-corrected chi connectivity index (χ4v) is 4.84. The van der Waals surface area contributed by atoms with Crippen molar-refractivity contribution in [2.45, 2.75) is 36.6 Å². The molecule has 1 unspecified atom stereocenters. The number of carbonyl (C=O) groups excluding carboxylic acids is 1. The number of sulfonamides is 1. The number of hydrogen-bond acceptors (Lipinski definition) is 5. The number of amides is 1. The zero-order valence-corrected chi connectivity index (χ0v) is 18.9. The van der Waals surface area contributed by atoms with E-state index < -0.39 is 10.0 Å². The van der Waals surface area contributed by atoms with Crippen LogP contribution in [0.3, 0.4) is 0 Å².